The van der Waals surface area contributed by atoms with Crippen molar-refractivity contribution in [3.05, 3.63) is 211 Å². The van der Waals surface area contributed by atoms with Gasteiger partial charge in [0, 0.05) is 59.7 Å². The van der Waals surface area contributed by atoms with Gasteiger partial charge in [-0.25, -0.2) is 0 Å². The first kappa shape index (κ1) is 31.8. The Morgan fingerprint density at radius 2 is 1.04 bits per heavy atom. The number of thiophene rings is 1. The summed E-state index contributed by atoms with van der Waals surface area (Å²) in [6, 6.07) is 65.9. The van der Waals surface area contributed by atoms with E-state index in [4.69, 9.17) is 4.74 Å². The quantitative estimate of drug-likeness (QED) is 0.169. The Morgan fingerprint density at radius 3 is 1.78 bits per heavy atom. The summed E-state index contributed by atoms with van der Waals surface area (Å²) >= 11 is 1.85. The summed E-state index contributed by atoms with van der Waals surface area (Å²) in [6.45, 7) is 0. The van der Waals surface area contributed by atoms with Crippen molar-refractivity contribution in [2.75, 3.05) is 4.90 Å². The van der Waals surface area contributed by atoms with E-state index >= 15 is 0 Å². The summed E-state index contributed by atoms with van der Waals surface area (Å²) in [5.41, 5.74) is 11.9. The highest BCUT2D eigenvalue weighted by atomic mass is 32.1. The summed E-state index contributed by atoms with van der Waals surface area (Å²) in [5.74, 6) is 1.13. The third-order valence-corrected chi connectivity index (χ3v) is 12.4. The lowest BCUT2D eigenvalue weighted by atomic mass is 9.82. The van der Waals surface area contributed by atoms with E-state index in [1.807, 2.05) is 11.3 Å². The molecule has 2 atom stereocenters. The van der Waals surface area contributed by atoms with E-state index in [2.05, 4.69) is 205 Å². The van der Waals surface area contributed by atoms with Gasteiger partial charge >= 0.3 is 0 Å². The fourth-order valence-electron chi connectivity index (χ4n) is 8.60. The molecule has 0 amide bonds. The van der Waals surface area contributed by atoms with Gasteiger partial charge in [-0.1, -0.05) is 152 Å². The standard InChI is InChI=1S/C52H35NOS/c1-3-12-34(13-4-1)35-22-26-38(27-23-35)53(40-30-31-44-43-17-9-10-21-49(43)55-50(44)32-40)39-28-24-37(25-29-39)41-19-11-20-46-48-33-47(36-14-5-2-6-15-36)42-16-7-8-18-45(42)52(48)54-51(41)46/h1-33,46,51H. The third-order valence-electron chi connectivity index (χ3n) is 11.3. The first-order chi connectivity index (χ1) is 27.3. The second kappa shape index (κ2) is 13.0. The molecule has 0 saturated heterocycles. The van der Waals surface area contributed by atoms with Gasteiger partial charge in [-0.05, 0) is 81.7 Å². The van der Waals surface area contributed by atoms with Crippen molar-refractivity contribution < 1.29 is 4.74 Å². The van der Waals surface area contributed by atoms with E-state index < -0.39 is 0 Å². The van der Waals surface area contributed by atoms with Crippen molar-refractivity contribution in [3.8, 4) is 28.0 Å². The van der Waals surface area contributed by atoms with Gasteiger partial charge in [0.2, 0.25) is 0 Å². The highest BCUT2D eigenvalue weighted by Crippen LogP contribution is 2.51. The Morgan fingerprint density at radius 1 is 0.455 bits per heavy atom. The van der Waals surface area contributed by atoms with Crippen molar-refractivity contribution in [1.29, 1.82) is 0 Å². The maximum absolute atomic E-state index is 6.98. The predicted molar refractivity (Wildman–Crippen MR) is 233 cm³/mol. The van der Waals surface area contributed by atoms with Crippen LogP contribution in [0.1, 0.15) is 17.0 Å². The van der Waals surface area contributed by atoms with Crippen molar-refractivity contribution in [1.82, 2.24) is 0 Å². The zero-order valence-corrected chi connectivity index (χ0v) is 30.8. The van der Waals surface area contributed by atoms with Crippen molar-refractivity contribution >= 4 is 64.9 Å². The molecule has 2 nitrogen and oxygen atoms in total. The molecule has 1 aliphatic heterocycles. The van der Waals surface area contributed by atoms with Gasteiger partial charge in [-0.2, -0.15) is 0 Å². The van der Waals surface area contributed by atoms with Crippen LogP contribution in [0.15, 0.2) is 200 Å². The molecule has 0 bridgehead atoms. The molecule has 0 spiro atoms. The summed E-state index contributed by atoms with van der Waals surface area (Å²) in [6.07, 6.45) is 6.65. The van der Waals surface area contributed by atoms with Crippen molar-refractivity contribution in [3.63, 3.8) is 0 Å². The molecular formula is C52H35NOS. The Balaban J connectivity index is 0.969. The number of anilines is 3. The van der Waals surface area contributed by atoms with Crippen LogP contribution in [0.3, 0.4) is 0 Å². The first-order valence-electron chi connectivity index (χ1n) is 18.9. The molecule has 260 valence electrons. The minimum atomic E-state index is -0.0997. The van der Waals surface area contributed by atoms with Gasteiger partial charge < -0.3 is 9.64 Å². The molecule has 9 aromatic rings. The monoisotopic (exact) mass is 721 g/mol. The smallest absolute Gasteiger partial charge is 0.135 e. The molecule has 8 aromatic carbocycles. The lowest BCUT2D eigenvalue weighted by molar-refractivity contribution is 0.281. The number of rotatable bonds is 6. The van der Waals surface area contributed by atoms with E-state index in [0.717, 1.165) is 22.8 Å². The summed E-state index contributed by atoms with van der Waals surface area (Å²) in [5, 5.41) is 4.99. The van der Waals surface area contributed by atoms with Crippen LogP contribution < -0.4 is 9.64 Å². The van der Waals surface area contributed by atoms with E-state index in [0.29, 0.717) is 0 Å². The number of fused-ring (bicyclic) bond motifs is 8. The summed E-state index contributed by atoms with van der Waals surface area (Å²) in [7, 11) is 0. The van der Waals surface area contributed by atoms with Gasteiger partial charge in [-0.3, -0.25) is 0 Å². The molecule has 0 saturated carbocycles. The largest absolute Gasteiger partial charge is 0.484 e. The Hall–Kier alpha value is -6.68. The van der Waals surface area contributed by atoms with Gasteiger partial charge in [0.05, 0.1) is 0 Å². The van der Waals surface area contributed by atoms with Crippen molar-refractivity contribution in [2.45, 2.75) is 12.0 Å². The minimum absolute atomic E-state index is 0.0997. The molecule has 1 aliphatic carbocycles. The molecule has 2 unspecified atom stereocenters. The molecule has 0 fully saturated rings. The zero-order chi connectivity index (χ0) is 36.3. The predicted octanol–water partition coefficient (Wildman–Crippen LogP) is 14.5. The fraction of sp³-hybridized carbons (Fsp3) is 0.0385. The average molecular weight is 722 g/mol. The second-order valence-corrected chi connectivity index (χ2v) is 15.5. The lowest BCUT2D eigenvalue weighted by Crippen LogP contribution is -2.21. The molecule has 11 rings (SSSR count). The molecule has 55 heavy (non-hydrogen) atoms. The van der Waals surface area contributed by atoms with E-state index in [-0.39, 0.29) is 12.0 Å². The number of ether oxygens (including phenoxy) is 1. The molecular weight excluding hydrogens is 687 g/mol. The Bertz CT molecular complexity index is 2940. The zero-order valence-electron chi connectivity index (χ0n) is 30.0. The summed E-state index contributed by atoms with van der Waals surface area (Å²) < 4.78 is 9.58. The van der Waals surface area contributed by atoms with Crippen LogP contribution in [0.5, 0.6) is 5.75 Å². The lowest BCUT2D eigenvalue weighted by Gasteiger charge is -2.27. The van der Waals surface area contributed by atoms with Crippen LogP contribution in [-0.4, -0.2) is 6.10 Å². The van der Waals surface area contributed by atoms with Gasteiger partial charge in [0.15, 0.2) is 0 Å². The second-order valence-electron chi connectivity index (χ2n) is 14.4. The SMILES string of the molecule is C1=CC2c3cc(-c4ccccc4)c4ccccc4c3OC2C(c2ccc(N(c3ccc(-c4ccccc4)cc3)c3ccc4c(c3)sc3ccccc34)cc2)=C1. The van der Waals surface area contributed by atoms with Crippen LogP contribution >= 0.6 is 11.3 Å². The molecule has 1 aromatic heterocycles. The van der Waals surface area contributed by atoms with E-state index in [9.17, 15) is 0 Å². The number of hydrogen-bond acceptors (Lipinski definition) is 3. The number of benzene rings is 8. The minimum Gasteiger partial charge on any atom is -0.484 e. The normalized spacial score (nSPS) is 15.8. The highest BCUT2D eigenvalue weighted by molar-refractivity contribution is 7.25. The van der Waals surface area contributed by atoms with E-state index in [1.165, 1.54) is 69.9 Å². The van der Waals surface area contributed by atoms with Crippen LogP contribution in [0.2, 0.25) is 0 Å². The van der Waals surface area contributed by atoms with Crippen LogP contribution in [0, 0.1) is 0 Å². The molecule has 0 N–H and O–H groups in total. The van der Waals surface area contributed by atoms with Gasteiger partial charge in [0.1, 0.15) is 11.9 Å². The van der Waals surface area contributed by atoms with Gasteiger partial charge in [0.25, 0.3) is 0 Å². The average Bonchev–Trinajstić information content (AvgIpc) is 3.83. The van der Waals surface area contributed by atoms with Crippen LogP contribution in [0.4, 0.5) is 17.1 Å². The van der Waals surface area contributed by atoms with Crippen molar-refractivity contribution in [2.24, 2.45) is 0 Å². The fourth-order valence-corrected chi connectivity index (χ4v) is 9.74. The third kappa shape index (κ3) is 5.39. The van der Waals surface area contributed by atoms with Crippen LogP contribution in [-0.2, 0) is 0 Å². The number of nitrogens with zero attached hydrogens (tertiary/aromatic N) is 1. The molecule has 2 aliphatic rings. The highest BCUT2D eigenvalue weighted by Gasteiger charge is 2.38. The molecule has 3 heteroatoms. The topological polar surface area (TPSA) is 12.5 Å². The Labute approximate surface area is 324 Å². The molecule has 0 radical (unpaired) electrons. The Kier molecular flexibility index (Phi) is 7.53. The number of allylic oxidation sites excluding steroid dienone is 2. The maximum atomic E-state index is 6.98. The number of hydrogen-bond donors (Lipinski definition) is 0. The molecule has 2 heterocycles. The summed E-state index contributed by atoms with van der Waals surface area (Å²) in [4.78, 5) is 2.37. The first-order valence-corrected chi connectivity index (χ1v) is 19.7. The van der Waals surface area contributed by atoms with Gasteiger partial charge in [-0.15, -0.1) is 11.3 Å². The van der Waals surface area contributed by atoms with Crippen LogP contribution in [0.25, 0.3) is 58.8 Å². The van der Waals surface area contributed by atoms with E-state index in [1.54, 1.807) is 0 Å². The maximum Gasteiger partial charge on any atom is 0.135 e.